The van der Waals surface area contributed by atoms with Gasteiger partial charge < -0.3 is 15.9 Å². The van der Waals surface area contributed by atoms with Crippen molar-refractivity contribution in [3.05, 3.63) is 28.8 Å². The summed E-state index contributed by atoms with van der Waals surface area (Å²) >= 11 is 5.79. The third-order valence-corrected chi connectivity index (χ3v) is 2.58. The Labute approximate surface area is 94.5 Å². The van der Waals surface area contributed by atoms with Crippen molar-refractivity contribution in [2.75, 3.05) is 0 Å². The second-order valence-corrected chi connectivity index (χ2v) is 4.02. The zero-order valence-electron chi connectivity index (χ0n) is 8.65. The quantitative estimate of drug-likeness (QED) is 0.742. The standard InChI is InChI=1S/C11H16ClNO2/c1-2-3-10(15)11(13)8-6-7(12)4-5-9(8)14/h4-6,10-11,14-15H,2-3,13H2,1H3/t10-,11+/m1/s1. The number of hydrogen-bond donors (Lipinski definition) is 3. The molecule has 0 aliphatic carbocycles. The molecule has 0 aliphatic rings. The number of nitrogens with two attached hydrogens (primary N) is 1. The summed E-state index contributed by atoms with van der Waals surface area (Å²) in [7, 11) is 0. The van der Waals surface area contributed by atoms with Crippen LogP contribution in [0.3, 0.4) is 0 Å². The van der Waals surface area contributed by atoms with Gasteiger partial charge in [-0.3, -0.25) is 0 Å². The maximum absolute atomic E-state index is 9.71. The normalized spacial score (nSPS) is 14.9. The van der Waals surface area contributed by atoms with Crippen LogP contribution in [0.1, 0.15) is 31.4 Å². The van der Waals surface area contributed by atoms with E-state index in [0.717, 1.165) is 6.42 Å². The van der Waals surface area contributed by atoms with Gasteiger partial charge in [-0.1, -0.05) is 24.9 Å². The van der Waals surface area contributed by atoms with Crippen LogP contribution in [0.15, 0.2) is 18.2 Å². The Bertz CT molecular complexity index is 330. The number of phenolic OH excluding ortho intramolecular Hbond substituents is 1. The van der Waals surface area contributed by atoms with Crippen molar-refractivity contribution in [3.8, 4) is 5.75 Å². The maximum Gasteiger partial charge on any atom is 0.120 e. The molecule has 2 atom stereocenters. The van der Waals surface area contributed by atoms with Gasteiger partial charge in [0.2, 0.25) is 0 Å². The molecule has 4 heteroatoms. The number of aliphatic hydroxyl groups is 1. The molecule has 0 radical (unpaired) electrons. The van der Waals surface area contributed by atoms with Gasteiger partial charge in [-0.2, -0.15) is 0 Å². The molecule has 1 aromatic rings. The first-order valence-electron chi connectivity index (χ1n) is 4.98. The molecule has 0 amide bonds. The Morgan fingerprint density at radius 3 is 2.73 bits per heavy atom. The average Bonchev–Trinajstić information content (AvgIpc) is 2.21. The number of phenols is 1. The molecule has 3 nitrogen and oxygen atoms in total. The molecular weight excluding hydrogens is 214 g/mol. The summed E-state index contributed by atoms with van der Waals surface area (Å²) in [4.78, 5) is 0. The Balaban J connectivity index is 2.89. The van der Waals surface area contributed by atoms with Crippen molar-refractivity contribution in [1.29, 1.82) is 0 Å². The molecule has 0 spiro atoms. The van der Waals surface area contributed by atoms with Crippen molar-refractivity contribution in [3.63, 3.8) is 0 Å². The van der Waals surface area contributed by atoms with Crippen LogP contribution >= 0.6 is 11.6 Å². The van der Waals surface area contributed by atoms with E-state index < -0.39 is 12.1 Å². The second kappa shape index (κ2) is 5.35. The third kappa shape index (κ3) is 3.09. The van der Waals surface area contributed by atoms with Gasteiger partial charge in [0.25, 0.3) is 0 Å². The van der Waals surface area contributed by atoms with Crippen LogP contribution in [-0.4, -0.2) is 16.3 Å². The van der Waals surface area contributed by atoms with Crippen LogP contribution in [0.2, 0.25) is 5.02 Å². The fourth-order valence-electron chi connectivity index (χ4n) is 1.47. The molecule has 15 heavy (non-hydrogen) atoms. The van der Waals surface area contributed by atoms with Crippen molar-refractivity contribution in [1.82, 2.24) is 0 Å². The van der Waals surface area contributed by atoms with Crippen molar-refractivity contribution in [2.45, 2.75) is 31.9 Å². The summed E-state index contributed by atoms with van der Waals surface area (Å²) < 4.78 is 0. The highest BCUT2D eigenvalue weighted by molar-refractivity contribution is 6.30. The minimum atomic E-state index is -0.653. The molecule has 0 aromatic heterocycles. The number of rotatable bonds is 4. The minimum absolute atomic E-state index is 0.0713. The lowest BCUT2D eigenvalue weighted by molar-refractivity contribution is 0.133. The van der Waals surface area contributed by atoms with Crippen LogP contribution in [-0.2, 0) is 0 Å². The summed E-state index contributed by atoms with van der Waals surface area (Å²) in [5.41, 5.74) is 6.31. The number of aliphatic hydroxyl groups excluding tert-OH is 1. The predicted molar refractivity (Wildman–Crippen MR) is 61.0 cm³/mol. The van der Waals surface area contributed by atoms with E-state index in [9.17, 15) is 10.2 Å². The third-order valence-electron chi connectivity index (χ3n) is 2.35. The summed E-state index contributed by atoms with van der Waals surface area (Å²) in [6, 6.07) is 4.05. The van der Waals surface area contributed by atoms with E-state index in [0.29, 0.717) is 17.0 Å². The highest BCUT2D eigenvalue weighted by Gasteiger charge is 2.19. The van der Waals surface area contributed by atoms with Crippen LogP contribution < -0.4 is 5.73 Å². The van der Waals surface area contributed by atoms with Crippen molar-refractivity contribution >= 4 is 11.6 Å². The Kier molecular flexibility index (Phi) is 4.39. The van der Waals surface area contributed by atoms with Crippen LogP contribution in [0.5, 0.6) is 5.75 Å². The molecule has 1 aromatic carbocycles. The first kappa shape index (κ1) is 12.3. The van der Waals surface area contributed by atoms with E-state index in [4.69, 9.17) is 17.3 Å². The number of hydrogen-bond acceptors (Lipinski definition) is 3. The predicted octanol–water partition coefficient (Wildman–Crippen LogP) is 2.21. The lowest BCUT2D eigenvalue weighted by atomic mass is 9.98. The molecule has 0 saturated carbocycles. The van der Waals surface area contributed by atoms with Crippen LogP contribution in [0, 0.1) is 0 Å². The number of aromatic hydroxyl groups is 1. The molecule has 0 aliphatic heterocycles. The summed E-state index contributed by atoms with van der Waals surface area (Å²) in [6.07, 6.45) is 0.794. The first-order valence-corrected chi connectivity index (χ1v) is 5.36. The summed E-state index contributed by atoms with van der Waals surface area (Å²) in [5.74, 6) is 0.0713. The van der Waals surface area contributed by atoms with Crippen LogP contribution in [0.4, 0.5) is 0 Å². The second-order valence-electron chi connectivity index (χ2n) is 3.58. The van der Waals surface area contributed by atoms with E-state index in [-0.39, 0.29) is 5.75 Å². The molecule has 1 rings (SSSR count). The molecule has 0 unspecified atom stereocenters. The lowest BCUT2D eigenvalue weighted by Crippen LogP contribution is -2.26. The van der Waals surface area contributed by atoms with E-state index in [1.807, 2.05) is 6.92 Å². The van der Waals surface area contributed by atoms with E-state index in [2.05, 4.69) is 0 Å². The van der Waals surface area contributed by atoms with Gasteiger partial charge >= 0.3 is 0 Å². The van der Waals surface area contributed by atoms with Crippen molar-refractivity contribution < 1.29 is 10.2 Å². The Morgan fingerprint density at radius 2 is 2.13 bits per heavy atom. The zero-order valence-corrected chi connectivity index (χ0v) is 9.41. The fraction of sp³-hybridized carbons (Fsp3) is 0.455. The summed E-state index contributed by atoms with van der Waals surface area (Å²) in [6.45, 7) is 1.97. The highest BCUT2D eigenvalue weighted by atomic mass is 35.5. The van der Waals surface area contributed by atoms with Gasteiger partial charge in [-0.05, 0) is 24.6 Å². The van der Waals surface area contributed by atoms with E-state index >= 15 is 0 Å². The largest absolute Gasteiger partial charge is 0.508 e. The average molecular weight is 230 g/mol. The maximum atomic E-state index is 9.71. The molecule has 0 heterocycles. The smallest absolute Gasteiger partial charge is 0.120 e. The van der Waals surface area contributed by atoms with Crippen LogP contribution in [0.25, 0.3) is 0 Å². The number of benzene rings is 1. The monoisotopic (exact) mass is 229 g/mol. The Morgan fingerprint density at radius 1 is 1.47 bits per heavy atom. The van der Waals surface area contributed by atoms with Gasteiger partial charge in [-0.25, -0.2) is 0 Å². The first-order chi connectivity index (χ1) is 7.06. The zero-order chi connectivity index (χ0) is 11.4. The molecule has 84 valence electrons. The van der Waals surface area contributed by atoms with Crippen molar-refractivity contribution in [2.24, 2.45) is 5.73 Å². The lowest BCUT2D eigenvalue weighted by Gasteiger charge is -2.19. The molecule has 4 N–H and O–H groups in total. The number of halogens is 1. The Hall–Kier alpha value is -0.770. The SMILES string of the molecule is CCC[C@@H](O)[C@@H](N)c1cc(Cl)ccc1O. The molecule has 0 bridgehead atoms. The van der Waals surface area contributed by atoms with Gasteiger partial charge in [0.1, 0.15) is 5.75 Å². The minimum Gasteiger partial charge on any atom is -0.508 e. The molecule has 0 fully saturated rings. The van der Waals surface area contributed by atoms with E-state index in [1.54, 1.807) is 12.1 Å². The van der Waals surface area contributed by atoms with Gasteiger partial charge in [0.15, 0.2) is 0 Å². The molecule has 0 saturated heterocycles. The summed E-state index contributed by atoms with van der Waals surface area (Å²) in [5, 5.41) is 19.8. The fourth-order valence-corrected chi connectivity index (χ4v) is 1.66. The van der Waals surface area contributed by atoms with E-state index in [1.165, 1.54) is 6.07 Å². The topological polar surface area (TPSA) is 66.5 Å². The highest BCUT2D eigenvalue weighted by Crippen LogP contribution is 2.28. The van der Waals surface area contributed by atoms with Gasteiger partial charge in [-0.15, -0.1) is 0 Å². The van der Waals surface area contributed by atoms with Gasteiger partial charge in [0.05, 0.1) is 12.1 Å². The molecular formula is C11H16ClNO2. The van der Waals surface area contributed by atoms with Gasteiger partial charge in [0, 0.05) is 10.6 Å².